The summed E-state index contributed by atoms with van der Waals surface area (Å²) < 4.78 is 0. The van der Waals surface area contributed by atoms with Crippen molar-refractivity contribution < 1.29 is 20.1 Å². The topological polar surface area (TPSA) is 77.8 Å². The number of carbonyl (C=O) groups excluding carboxylic acids is 1. The predicted molar refractivity (Wildman–Crippen MR) is 108 cm³/mol. The van der Waals surface area contributed by atoms with Crippen LogP contribution < -0.4 is 0 Å². The number of fused-ring (bicyclic) bond motifs is 5. The highest BCUT2D eigenvalue weighted by Crippen LogP contribution is 2.75. The van der Waals surface area contributed by atoms with Crippen LogP contribution >= 0.6 is 0 Å². The predicted octanol–water partition coefficient (Wildman–Crippen LogP) is 3.56. The summed E-state index contributed by atoms with van der Waals surface area (Å²) in [7, 11) is 0. The lowest BCUT2D eigenvalue weighted by atomic mass is 9.34. The lowest BCUT2D eigenvalue weighted by molar-refractivity contribution is -0.270. The van der Waals surface area contributed by atoms with Crippen LogP contribution in [-0.2, 0) is 4.79 Å². The first-order chi connectivity index (χ1) is 12.8. The van der Waals surface area contributed by atoms with Crippen molar-refractivity contribution in [3.63, 3.8) is 0 Å². The lowest BCUT2D eigenvalue weighted by Crippen LogP contribution is -2.69. The molecule has 4 aliphatic carbocycles. The van der Waals surface area contributed by atoms with Gasteiger partial charge in [-0.1, -0.05) is 34.6 Å². The molecule has 0 aromatic carbocycles. The van der Waals surface area contributed by atoms with Gasteiger partial charge >= 0.3 is 0 Å². The van der Waals surface area contributed by atoms with E-state index in [1.807, 2.05) is 0 Å². The first-order valence-electron chi connectivity index (χ1n) is 11.4. The standard InChI is InChI=1S/C24H40O4/c1-13(25)14-7-10-23(5)19(14)15(26)11-17-22(4)9-8-18(28)21(2,3)20(22)16(27)12-24(17,23)6/h14-20,26-28H,7-12H2,1-6H3/t14-,15-,16+,17-,18+,19+,20+,22-,23-,24-/m1/s1. The summed E-state index contributed by atoms with van der Waals surface area (Å²) in [6.45, 7) is 12.8. The van der Waals surface area contributed by atoms with Crippen molar-refractivity contribution in [2.24, 2.45) is 45.3 Å². The van der Waals surface area contributed by atoms with Crippen LogP contribution in [0.1, 0.15) is 80.1 Å². The maximum absolute atomic E-state index is 12.3. The monoisotopic (exact) mass is 392 g/mol. The highest BCUT2D eigenvalue weighted by molar-refractivity contribution is 5.79. The van der Waals surface area contributed by atoms with E-state index in [0.717, 1.165) is 25.7 Å². The van der Waals surface area contributed by atoms with Crippen LogP contribution in [0.5, 0.6) is 0 Å². The Bertz CT molecular complexity index is 674. The second kappa shape index (κ2) is 6.04. The normalized spacial score (nSPS) is 57.8. The molecule has 0 amide bonds. The Morgan fingerprint density at radius 1 is 0.893 bits per heavy atom. The Morgan fingerprint density at radius 3 is 2.14 bits per heavy atom. The molecule has 0 aliphatic heterocycles. The Balaban J connectivity index is 1.82. The number of rotatable bonds is 1. The largest absolute Gasteiger partial charge is 0.393 e. The molecule has 4 rings (SSSR count). The third-order valence-corrected chi connectivity index (χ3v) is 10.8. The number of carbonyl (C=O) groups is 1. The van der Waals surface area contributed by atoms with E-state index >= 15 is 0 Å². The van der Waals surface area contributed by atoms with Crippen molar-refractivity contribution in [1.29, 1.82) is 0 Å². The zero-order valence-electron chi connectivity index (χ0n) is 18.5. The van der Waals surface area contributed by atoms with Crippen LogP contribution in [0.4, 0.5) is 0 Å². The van der Waals surface area contributed by atoms with Gasteiger partial charge in [0.1, 0.15) is 5.78 Å². The van der Waals surface area contributed by atoms with Gasteiger partial charge in [-0.15, -0.1) is 0 Å². The molecule has 0 saturated heterocycles. The molecule has 4 fully saturated rings. The van der Waals surface area contributed by atoms with Gasteiger partial charge in [0.05, 0.1) is 18.3 Å². The third kappa shape index (κ3) is 2.32. The summed E-state index contributed by atoms with van der Waals surface area (Å²) in [5.74, 6) is 0.476. The fourth-order valence-corrected chi connectivity index (χ4v) is 9.39. The van der Waals surface area contributed by atoms with Crippen LogP contribution in [-0.4, -0.2) is 39.4 Å². The molecule has 0 unspecified atom stereocenters. The summed E-state index contributed by atoms with van der Waals surface area (Å²) in [5.41, 5.74) is -0.697. The minimum atomic E-state index is -0.458. The van der Waals surface area contributed by atoms with Crippen molar-refractivity contribution in [2.75, 3.05) is 0 Å². The number of aliphatic hydroxyl groups is 3. The van der Waals surface area contributed by atoms with Gasteiger partial charge in [0, 0.05) is 11.8 Å². The van der Waals surface area contributed by atoms with Crippen LogP contribution in [0.15, 0.2) is 0 Å². The molecule has 0 radical (unpaired) electrons. The molecular formula is C24H40O4. The minimum Gasteiger partial charge on any atom is -0.393 e. The van der Waals surface area contributed by atoms with E-state index in [1.165, 1.54) is 0 Å². The highest BCUT2D eigenvalue weighted by Gasteiger charge is 2.72. The summed E-state index contributed by atoms with van der Waals surface area (Å²) in [4.78, 5) is 12.3. The summed E-state index contributed by atoms with van der Waals surface area (Å²) >= 11 is 0. The quantitative estimate of drug-likeness (QED) is 0.638. The van der Waals surface area contributed by atoms with Crippen molar-refractivity contribution >= 4 is 5.78 Å². The Kier molecular flexibility index (Phi) is 4.49. The van der Waals surface area contributed by atoms with Crippen molar-refractivity contribution in [2.45, 2.75) is 98.4 Å². The molecule has 4 nitrogen and oxygen atoms in total. The fraction of sp³-hybridized carbons (Fsp3) is 0.958. The second-order valence-electron chi connectivity index (χ2n) is 12.1. The van der Waals surface area contributed by atoms with Gasteiger partial charge in [0.2, 0.25) is 0 Å². The Hall–Kier alpha value is -0.450. The number of hydrogen-bond donors (Lipinski definition) is 3. The summed E-state index contributed by atoms with van der Waals surface area (Å²) in [6.07, 6.45) is 3.57. The van der Waals surface area contributed by atoms with Crippen molar-refractivity contribution in [3.05, 3.63) is 0 Å². The minimum absolute atomic E-state index is 0.000732. The second-order valence-corrected chi connectivity index (χ2v) is 12.1. The van der Waals surface area contributed by atoms with Crippen LogP contribution in [0, 0.1) is 45.3 Å². The van der Waals surface area contributed by atoms with E-state index < -0.39 is 18.3 Å². The average molecular weight is 393 g/mol. The molecule has 4 heteroatoms. The maximum atomic E-state index is 12.3. The van der Waals surface area contributed by atoms with Crippen molar-refractivity contribution in [1.82, 2.24) is 0 Å². The van der Waals surface area contributed by atoms with Gasteiger partial charge in [-0.3, -0.25) is 4.79 Å². The third-order valence-electron chi connectivity index (χ3n) is 10.8. The van der Waals surface area contributed by atoms with Gasteiger partial charge in [-0.25, -0.2) is 0 Å². The molecule has 28 heavy (non-hydrogen) atoms. The van der Waals surface area contributed by atoms with Gasteiger partial charge in [-0.05, 0) is 78.9 Å². The Morgan fingerprint density at radius 2 is 1.54 bits per heavy atom. The molecular weight excluding hydrogens is 352 g/mol. The molecule has 0 aromatic rings. The molecule has 4 aliphatic rings. The molecule has 4 saturated carbocycles. The van der Waals surface area contributed by atoms with E-state index in [9.17, 15) is 20.1 Å². The van der Waals surface area contributed by atoms with Crippen LogP contribution in [0.25, 0.3) is 0 Å². The fourth-order valence-electron chi connectivity index (χ4n) is 9.39. The van der Waals surface area contributed by atoms with Gasteiger partial charge in [0.25, 0.3) is 0 Å². The van der Waals surface area contributed by atoms with E-state index in [0.29, 0.717) is 18.8 Å². The van der Waals surface area contributed by atoms with Gasteiger partial charge < -0.3 is 15.3 Å². The number of hydrogen-bond acceptors (Lipinski definition) is 4. The SMILES string of the molecule is CC(=O)[C@H]1CC[C@]2(C)[C@@H]1[C@H](O)C[C@@H]1[C@@]3(C)CC[C@H](O)C(C)(C)[C@@H]3[C@@H](O)C[C@]12C. The smallest absolute Gasteiger partial charge is 0.133 e. The molecule has 3 N–H and O–H groups in total. The van der Waals surface area contributed by atoms with E-state index in [4.69, 9.17) is 0 Å². The number of Topliss-reactive ketones (excluding diaryl/α,β-unsaturated/α-hetero) is 1. The van der Waals surface area contributed by atoms with E-state index in [2.05, 4.69) is 34.6 Å². The average Bonchev–Trinajstić information content (AvgIpc) is 2.94. The van der Waals surface area contributed by atoms with Gasteiger partial charge in [0.15, 0.2) is 0 Å². The zero-order valence-corrected chi connectivity index (χ0v) is 18.5. The number of aliphatic hydroxyl groups excluding tert-OH is 3. The summed E-state index contributed by atoms with van der Waals surface area (Å²) in [6, 6.07) is 0. The molecule has 0 bridgehead atoms. The van der Waals surface area contributed by atoms with Gasteiger partial charge in [-0.2, -0.15) is 0 Å². The zero-order chi connectivity index (χ0) is 20.9. The summed E-state index contributed by atoms with van der Waals surface area (Å²) in [5, 5.41) is 33.5. The van der Waals surface area contributed by atoms with Crippen LogP contribution in [0.2, 0.25) is 0 Å². The van der Waals surface area contributed by atoms with E-state index in [1.54, 1.807) is 6.92 Å². The highest BCUT2D eigenvalue weighted by atomic mass is 16.3. The van der Waals surface area contributed by atoms with Crippen LogP contribution in [0.3, 0.4) is 0 Å². The van der Waals surface area contributed by atoms with E-state index in [-0.39, 0.29) is 45.2 Å². The molecule has 0 aromatic heterocycles. The Labute approximate surface area is 170 Å². The first-order valence-corrected chi connectivity index (χ1v) is 11.4. The first kappa shape index (κ1) is 20.8. The maximum Gasteiger partial charge on any atom is 0.133 e. The molecule has 0 spiro atoms. The lowest BCUT2D eigenvalue weighted by Gasteiger charge is -2.71. The van der Waals surface area contributed by atoms with Crippen molar-refractivity contribution in [3.8, 4) is 0 Å². The molecule has 0 heterocycles. The molecule has 160 valence electrons. The number of ketones is 1. The molecule has 10 atom stereocenters.